The highest BCUT2D eigenvalue weighted by Gasteiger charge is 2.38. The summed E-state index contributed by atoms with van der Waals surface area (Å²) in [4.78, 5) is 17.0. The molecule has 2 aliphatic heterocycles. The number of piperazine rings is 1. The molecule has 1 aromatic rings. The summed E-state index contributed by atoms with van der Waals surface area (Å²) in [6, 6.07) is 8.25. The molecule has 166 valence electrons. The van der Waals surface area contributed by atoms with Crippen molar-refractivity contribution < 1.29 is 13.2 Å². The zero-order valence-corrected chi connectivity index (χ0v) is 19.6. The maximum Gasteiger partial charge on any atom is 0.282 e. The number of hydrogen-bond donors (Lipinski definition) is 0. The molecule has 0 spiro atoms. The zero-order chi connectivity index (χ0) is 22.1. The zero-order valence-electron chi connectivity index (χ0n) is 18.8. The molecule has 1 fully saturated rings. The van der Waals surface area contributed by atoms with Gasteiger partial charge in [-0.3, -0.25) is 9.69 Å². The molecule has 2 heterocycles. The fraction of sp³-hybridized carbons (Fsp3) is 0.591. The maximum absolute atomic E-state index is 12.8. The molecule has 0 bridgehead atoms. The van der Waals surface area contributed by atoms with Crippen molar-refractivity contribution in [2.24, 2.45) is 0 Å². The van der Waals surface area contributed by atoms with Gasteiger partial charge in [-0.15, -0.1) is 0 Å². The Labute approximate surface area is 181 Å². The van der Waals surface area contributed by atoms with E-state index < -0.39 is 10.2 Å². The molecular formula is C22H34N4O3S. The number of para-hydroxylation sites is 1. The third-order valence-corrected chi connectivity index (χ3v) is 8.49. The van der Waals surface area contributed by atoms with Gasteiger partial charge in [0.1, 0.15) is 0 Å². The number of nitrogens with zero attached hydrogens (tertiary/aromatic N) is 4. The molecule has 0 saturated carbocycles. The SMILES string of the molecule is CCN(CC)S(=O)(=O)N1CCN(CC(=O)C=C2N(C)c3ccccc3C2(C)C)CC1. The Bertz CT molecular complexity index is 914. The summed E-state index contributed by atoms with van der Waals surface area (Å²) in [6.07, 6.45) is 1.76. The summed E-state index contributed by atoms with van der Waals surface area (Å²) in [7, 11) is -1.41. The normalized spacial score (nSPS) is 21.4. The Hall–Kier alpha value is -1.74. The van der Waals surface area contributed by atoms with Gasteiger partial charge in [-0.1, -0.05) is 45.9 Å². The Morgan fingerprint density at radius 2 is 1.70 bits per heavy atom. The minimum Gasteiger partial charge on any atom is -0.347 e. The number of benzene rings is 1. The van der Waals surface area contributed by atoms with Gasteiger partial charge in [0.05, 0.1) is 6.54 Å². The van der Waals surface area contributed by atoms with Gasteiger partial charge in [0.2, 0.25) is 0 Å². The van der Waals surface area contributed by atoms with Crippen LogP contribution >= 0.6 is 0 Å². The average Bonchev–Trinajstić information content (AvgIpc) is 2.90. The van der Waals surface area contributed by atoms with Crippen LogP contribution in [0.4, 0.5) is 5.69 Å². The lowest BCUT2D eigenvalue weighted by atomic mass is 9.83. The van der Waals surface area contributed by atoms with E-state index in [4.69, 9.17) is 0 Å². The number of hydrogen-bond acceptors (Lipinski definition) is 5. The van der Waals surface area contributed by atoms with E-state index in [0.29, 0.717) is 45.8 Å². The number of likely N-dealkylation sites (N-methyl/N-ethyl adjacent to an activating group) is 1. The van der Waals surface area contributed by atoms with Crippen molar-refractivity contribution in [1.82, 2.24) is 13.5 Å². The minimum absolute atomic E-state index is 0.0535. The molecule has 0 amide bonds. The molecule has 0 aromatic heterocycles. The average molecular weight is 435 g/mol. The van der Waals surface area contributed by atoms with Gasteiger partial charge in [0, 0.05) is 69.2 Å². The summed E-state index contributed by atoms with van der Waals surface area (Å²) in [5, 5.41) is 0. The van der Waals surface area contributed by atoms with Crippen LogP contribution in [0.1, 0.15) is 33.3 Å². The lowest BCUT2D eigenvalue weighted by Crippen LogP contribution is -2.53. The summed E-state index contributed by atoms with van der Waals surface area (Å²) >= 11 is 0. The Morgan fingerprint density at radius 1 is 1.10 bits per heavy atom. The maximum atomic E-state index is 12.8. The van der Waals surface area contributed by atoms with E-state index in [2.05, 4.69) is 30.9 Å². The van der Waals surface area contributed by atoms with Gasteiger partial charge in [-0.25, -0.2) is 0 Å². The predicted molar refractivity (Wildman–Crippen MR) is 121 cm³/mol. The van der Waals surface area contributed by atoms with E-state index in [9.17, 15) is 13.2 Å². The first kappa shape index (κ1) is 22.9. The van der Waals surface area contributed by atoms with E-state index in [1.165, 1.54) is 14.2 Å². The fourth-order valence-electron chi connectivity index (χ4n) is 4.51. The molecule has 0 atom stereocenters. The molecule has 1 saturated heterocycles. The summed E-state index contributed by atoms with van der Waals surface area (Å²) in [6.45, 7) is 11.2. The van der Waals surface area contributed by atoms with Crippen LogP contribution in [0.15, 0.2) is 36.0 Å². The van der Waals surface area contributed by atoms with Crippen LogP contribution in [0, 0.1) is 0 Å². The fourth-order valence-corrected chi connectivity index (χ4v) is 6.11. The molecule has 2 aliphatic rings. The van der Waals surface area contributed by atoms with Crippen molar-refractivity contribution >= 4 is 21.7 Å². The lowest BCUT2D eigenvalue weighted by Gasteiger charge is -2.36. The third-order valence-electron chi connectivity index (χ3n) is 6.31. The Morgan fingerprint density at radius 3 is 2.27 bits per heavy atom. The smallest absolute Gasteiger partial charge is 0.282 e. The van der Waals surface area contributed by atoms with E-state index in [-0.39, 0.29) is 11.2 Å². The predicted octanol–water partition coefficient (Wildman–Crippen LogP) is 2.07. The van der Waals surface area contributed by atoms with E-state index in [1.807, 2.05) is 37.9 Å². The van der Waals surface area contributed by atoms with E-state index in [0.717, 1.165) is 11.4 Å². The van der Waals surface area contributed by atoms with Gasteiger partial charge >= 0.3 is 0 Å². The molecule has 0 aliphatic carbocycles. The molecule has 0 radical (unpaired) electrons. The summed E-state index contributed by atoms with van der Waals surface area (Å²) < 4.78 is 28.4. The topological polar surface area (TPSA) is 64.2 Å². The van der Waals surface area contributed by atoms with Crippen LogP contribution in [-0.4, -0.2) is 80.6 Å². The van der Waals surface area contributed by atoms with Crippen molar-refractivity contribution in [3.63, 3.8) is 0 Å². The van der Waals surface area contributed by atoms with Crippen LogP contribution in [0.25, 0.3) is 0 Å². The van der Waals surface area contributed by atoms with E-state index >= 15 is 0 Å². The number of rotatable bonds is 7. The van der Waals surface area contributed by atoms with Crippen molar-refractivity contribution in [1.29, 1.82) is 0 Å². The second kappa shape index (κ2) is 8.78. The third kappa shape index (κ3) is 4.19. The number of carbonyl (C=O) groups is 1. The quantitative estimate of drug-likeness (QED) is 0.615. The van der Waals surface area contributed by atoms with Crippen LogP contribution in [0.5, 0.6) is 0 Å². The van der Waals surface area contributed by atoms with Crippen LogP contribution in [0.2, 0.25) is 0 Å². The van der Waals surface area contributed by atoms with Crippen molar-refractivity contribution in [2.75, 3.05) is 57.8 Å². The van der Waals surface area contributed by atoms with Gasteiger partial charge < -0.3 is 4.90 Å². The van der Waals surface area contributed by atoms with Crippen molar-refractivity contribution in [2.45, 2.75) is 33.1 Å². The van der Waals surface area contributed by atoms with Gasteiger partial charge in [0.25, 0.3) is 10.2 Å². The highest BCUT2D eigenvalue weighted by Crippen LogP contribution is 2.46. The lowest BCUT2D eigenvalue weighted by molar-refractivity contribution is -0.116. The molecule has 1 aromatic carbocycles. The Kier molecular flexibility index (Phi) is 6.72. The molecule has 0 N–H and O–H groups in total. The highest BCUT2D eigenvalue weighted by atomic mass is 32.2. The highest BCUT2D eigenvalue weighted by molar-refractivity contribution is 7.86. The number of carbonyl (C=O) groups excluding carboxylic acids is 1. The van der Waals surface area contributed by atoms with Crippen LogP contribution < -0.4 is 4.90 Å². The second-order valence-electron chi connectivity index (χ2n) is 8.46. The minimum atomic E-state index is -3.41. The second-order valence-corrected chi connectivity index (χ2v) is 10.4. The number of allylic oxidation sites excluding steroid dienone is 1. The monoisotopic (exact) mass is 434 g/mol. The number of fused-ring (bicyclic) bond motifs is 1. The van der Waals surface area contributed by atoms with Gasteiger partial charge in [-0.05, 0) is 11.6 Å². The molecule has 30 heavy (non-hydrogen) atoms. The standard InChI is InChI=1S/C22H34N4O3S/c1-6-25(7-2)30(28,29)26-14-12-24(13-15-26)17-18(27)16-21-22(3,4)19-10-8-9-11-20(19)23(21)5/h8-11,16H,6-7,12-15,17H2,1-5H3. The summed E-state index contributed by atoms with van der Waals surface area (Å²) in [5.74, 6) is 0.0535. The van der Waals surface area contributed by atoms with Gasteiger partial charge in [0.15, 0.2) is 5.78 Å². The van der Waals surface area contributed by atoms with Crippen molar-refractivity contribution in [3.8, 4) is 0 Å². The number of anilines is 1. The number of ketones is 1. The van der Waals surface area contributed by atoms with Crippen molar-refractivity contribution in [3.05, 3.63) is 41.6 Å². The molecule has 0 unspecified atom stereocenters. The first-order chi connectivity index (χ1) is 14.1. The van der Waals surface area contributed by atoms with Gasteiger partial charge in [-0.2, -0.15) is 17.0 Å². The first-order valence-electron chi connectivity index (χ1n) is 10.7. The van der Waals surface area contributed by atoms with E-state index in [1.54, 1.807) is 6.08 Å². The van der Waals surface area contributed by atoms with Crippen LogP contribution in [0.3, 0.4) is 0 Å². The molecule has 3 rings (SSSR count). The Balaban J connectivity index is 1.64. The molecule has 7 nitrogen and oxygen atoms in total. The summed E-state index contributed by atoms with van der Waals surface area (Å²) in [5.41, 5.74) is 3.13. The largest absolute Gasteiger partial charge is 0.347 e. The molecular weight excluding hydrogens is 400 g/mol. The first-order valence-corrected chi connectivity index (χ1v) is 12.1. The molecule has 8 heteroatoms. The van der Waals surface area contributed by atoms with Crippen LogP contribution in [-0.2, 0) is 20.4 Å².